The second kappa shape index (κ2) is 6.49. The van der Waals surface area contributed by atoms with Gasteiger partial charge in [-0.3, -0.25) is 4.79 Å². The molecule has 2 nitrogen and oxygen atoms in total. The molecule has 114 valence electrons. The number of carbonyl (C=O) groups is 1. The number of hydrogen-bond acceptors (Lipinski definition) is 2. The van der Waals surface area contributed by atoms with Crippen LogP contribution in [0.15, 0.2) is 78.9 Å². The van der Waals surface area contributed by atoms with Crippen molar-refractivity contribution >= 4 is 5.78 Å². The first-order valence-corrected chi connectivity index (χ1v) is 7.61. The summed E-state index contributed by atoms with van der Waals surface area (Å²) in [7, 11) is 0. The Morgan fingerprint density at radius 3 is 1.78 bits per heavy atom. The van der Waals surface area contributed by atoms with Gasteiger partial charge in [0.2, 0.25) is 0 Å². The Bertz CT molecular complexity index is 768. The van der Waals surface area contributed by atoms with Gasteiger partial charge in [0.05, 0.1) is 5.56 Å². The van der Waals surface area contributed by atoms with E-state index >= 15 is 0 Å². The van der Waals surface area contributed by atoms with Crippen LogP contribution in [-0.2, 0) is 0 Å². The van der Waals surface area contributed by atoms with Gasteiger partial charge in [0, 0.05) is 11.5 Å². The quantitative estimate of drug-likeness (QED) is 0.556. The van der Waals surface area contributed by atoms with Gasteiger partial charge in [-0.15, -0.1) is 0 Å². The molecule has 0 aliphatic rings. The van der Waals surface area contributed by atoms with Crippen LogP contribution < -0.4 is 0 Å². The SMILES string of the molecule is CC(=O)c1cccc(C(c2ccccc2)c2ccccc2)c1O. The molecule has 2 heteroatoms. The van der Waals surface area contributed by atoms with Crippen molar-refractivity contribution in [2.24, 2.45) is 0 Å². The number of Topliss-reactive ketones (excluding diaryl/α,β-unsaturated/α-hetero) is 1. The zero-order valence-electron chi connectivity index (χ0n) is 12.9. The van der Waals surface area contributed by atoms with Crippen LogP contribution >= 0.6 is 0 Å². The number of para-hydroxylation sites is 1. The number of hydrogen-bond donors (Lipinski definition) is 1. The second-order valence-electron chi connectivity index (χ2n) is 5.55. The minimum Gasteiger partial charge on any atom is -0.507 e. The molecule has 0 bridgehead atoms. The first-order chi connectivity index (χ1) is 11.2. The molecule has 0 saturated heterocycles. The lowest BCUT2D eigenvalue weighted by molar-refractivity contribution is 0.101. The molecule has 3 aromatic carbocycles. The number of ketones is 1. The van der Waals surface area contributed by atoms with E-state index in [1.807, 2.05) is 72.8 Å². The molecule has 0 aliphatic heterocycles. The standard InChI is InChI=1S/C21H18O2/c1-15(22)18-13-8-14-19(21(18)23)20(16-9-4-2-5-10-16)17-11-6-3-7-12-17/h2-14,20,23H,1H3. The Balaban J connectivity index is 2.21. The highest BCUT2D eigenvalue weighted by Crippen LogP contribution is 2.38. The molecule has 23 heavy (non-hydrogen) atoms. The van der Waals surface area contributed by atoms with Crippen molar-refractivity contribution in [1.29, 1.82) is 0 Å². The Morgan fingerprint density at radius 2 is 1.30 bits per heavy atom. The average Bonchev–Trinajstić information content (AvgIpc) is 2.58. The summed E-state index contributed by atoms with van der Waals surface area (Å²) in [6, 6.07) is 25.4. The molecule has 0 unspecified atom stereocenters. The van der Waals surface area contributed by atoms with E-state index in [0.717, 1.165) is 16.7 Å². The van der Waals surface area contributed by atoms with Crippen molar-refractivity contribution in [2.45, 2.75) is 12.8 Å². The molecule has 0 fully saturated rings. The largest absolute Gasteiger partial charge is 0.507 e. The average molecular weight is 302 g/mol. The van der Waals surface area contributed by atoms with E-state index in [1.165, 1.54) is 6.92 Å². The number of carbonyl (C=O) groups excluding carboxylic acids is 1. The molecule has 0 heterocycles. The maximum atomic E-state index is 11.8. The Labute approximate surface area is 136 Å². The summed E-state index contributed by atoms with van der Waals surface area (Å²) in [5.74, 6) is -0.182. The van der Waals surface area contributed by atoms with Crippen LogP contribution in [0.1, 0.15) is 39.9 Å². The Morgan fingerprint density at radius 1 is 0.783 bits per heavy atom. The fraction of sp³-hybridized carbons (Fsp3) is 0.0952. The summed E-state index contributed by atoms with van der Waals surface area (Å²) in [6.07, 6.45) is 0. The molecule has 0 aliphatic carbocycles. The van der Waals surface area contributed by atoms with E-state index in [-0.39, 0.29) is 17.5 Å². The fourth-order valence-electron chi connectivity index (χ4n) is 2.92. The lowest BCUT2D eigenvalue weighted by Gasteiger charge is -2.20. The van der Waals surface area contributed by atoms with Crippen LogP contribution in [0.4, 0.5) is 0 Å². The lowest BCUT2D eigenvalue weighted by Crippen LogP contribution is -2.05. The number of phenols is 1. The van der Waals surface area contributed by atoms with Crippen LogP contribution in [-0.4, -0.2) is 10.9 Å². The first kappa shape index (κ1) is 15.0. The van der Waals surface area contributed by atoms with Crippen molar-refractivity contribution in [3.63, 3.8) is 0 Å². The highest BCUT2D eigenvalue weighted by atomic mass is 16.3. The first-order valence-electron chi connectivity index (χ1n) is 7.61. The monoisotopic (exact) mass is 302 g/mol. The van der Waals surface area contributed by atoms with E-state index < -0.39 is 0 Å². The predicted octanol–water partition coefficient (Wildman–Crippen LogP) is 4.78. The summed E-state index contributed by atoms with van der Waals surface area (Å²) in [6.45, 7) is 1.47. The van der Waals surface area contributed by atoms with Gasteiger partial charge >= 0.3 is 0 Å². The van der Waals surface area contributed by atoms with Gasteiger partial charge in [0.15, 0.2) is 5.78 Å². The Hall–Kier alpha value is -2.87. The van der Waals surface area contributed by atoms with Crippen molar-refractivity contribution in [3.05, 3.63) is 101 Å². The highest BCUT2D eigenvalue weighted by Gasteiger charge is 2.22. The van der Waals surface area contributed by atoms with Gasteiger partial charge in [-0.2, -0.15) is 0 Å². The second-order valence-corrected chi connectivity index (χ2v) is 5.55. The maximum absolute atomic E-state index is 11.8. The molecule has 3 aromatic rings. The zero-order chi connectivity index (χ0) is 16.2. The third-order valence-corrected chi connectivity index (χ3v) is 4.02. The summed E-state index contributed by atoms with van der Waals surface area (Å²) >= 11 is 0. The summed E-state index contributed by atoms with van der Waals surface area (Å²) < 4.78 is 0. The third kappa shape index (κ3) is 3.02. The molecule has 3 rings (SSSR count). The predicted molar refractivity (Wildman–Crippen MR) is 91.9 cm³/mol. The fourth-order valence-corrected chi connectivity index (χ4v) is 2.92. The van der Waals surface area contributed by atoms with Gasteiger partial charge in [-0.25, -0.2) is 0 Å². The van der Waals surface area contributed by atoms with E-state index in [0.29, 0.717) is 5.56 Å². The van der Waals surface area contributed by atoms with Crippen molar-refractivity contribution in [1.82, 2.24) is 0 Å². The van der Waals surface area contributed by atoms with Gasteiger partial charge in [-0.05, 0) is 24.1 Å². The van der Waals surface area contributed by atoms with Gasteiger partial charge < -0.3 is 5.11 Å². The van der Waals surface area contributed by atoms with Crippen molar-refractivity contribution < 1.29 is 9.90 Å². The molecule has 0 amide bonds. The van der Waals surface area contributed by atoms with E-state index in [4.69, 9.17) is 0 Å². The minimum absolute atomic E-state index is 0.0673. The topological polar surface area (TPSA) is 37.3 Å². The smallest absolute Gasteiger partial charge is 0.163 e. The number of phenolic OH excluding ortho intramolecular Hbond substituents is 1. The minimum atomic E-state index is -0.135. The zero-order valence-corrected chi connectivity index (χ0v) is 12.9. The highest BCUT2D eigenvalue weighted by molar-refractivity contribution is 5.97. The molecule has 1 N–H and O–H groups in total. The lowest BCUT2D eigenvalue weighted by atomic mass is 9.83. The van der Waals surface area contributed by atoms with E-state index in [9.17, 15) is 9.90 Å². The molecular formula is C21H18O2. The van der Waals surface area contributed by atoms with Crippen molar-refractivity contribution in [3.8, 4) is 5.75 Å². The molecule has 0 radical (unpaired) electrons. The molecule has 0 saturated carbocycles. The van der Waals surface area contributed by atoms with Gasteiger partial charge in [0.25, 0.3) is 0 Å². The Kier molecular flexibility index (Phi) is 4.24. The van der Waals surface area contributed by atoms with Crippen LogP contribution in [0, 0.1) is 0 Å². The van der Waals surface area contributed by atoms with Crippen LogP contribution in [0.5, 0.6) is 5.75 Å². The van der Waals surface area contributed by atoms with Gasteiger partial charge in [-0.1, -0.05) is 72.8 Å². The normalized spacial score (nSPS) is 10.7. The van der Waals surface area contributed by atoms with E-state index in [2.05, 4.69) is 0 Å². The van der Waals surface area contributed by atoms with Crippen LogP contribution in [0.2, 0.25) is 0 Å². The summed E-state index contributed by atoms with van der Waals surface area (Å²) in [4.78, 5) is 11.8. The third-order valence-electron chi connectivity index (χ3n) is 4.02. The van der Waals surface area contributed by atoms with Crippen LogP contribution in [0.3, 0.4) is 0 Å². The number of rotatable bonds is 4. The maximum Gasteiger partial charge on any atom is 0.163 e. The van der Waals surface area contributed by atoms with E-state index in [1.54, 1.807) is 6.07 Å². The number of aromatic hydroxyl groups is 1. The summed E-state index contributed by atoms with van der Waals surface area (Å²) in [5, 5.41) is 10.6. The van der Waals surface area contributed by atoms with Crippen molar-refractivity contribution in [2.75, 3.05) is 0 Å². The number of benzene rings is 3. The molecule has 0 spiro atoms. The molecular weight excluding hydrogens is 284 g/mol. The summed E-state index contributed by atoms with van der Waals surface area (Å²) in [5.41, 5.74) is 3.26. The van der Waals surface area contributed by atoms with Gasteiger partial charge in [0.1, 0.15) is 5.75 Å². The molecule has 0 atom stereocenters. The molecule has 0 aromatic heterocycles. The van der Waals surface area contributed by atoms with Crippen LogP contribution in [0.25, 0.3) is 0 Å².